The standard InChI is InChI=1S/C20H15N3O3S/c1-12-7-8-16-18(9-12)27-20(22-16)23(13(2)24)21-10-14-11-26-17-6-4-3-5-15(17)19(14)25/h3-11H,1-2H3/b21-10-. The highest BCUT2D eigenvalue weighted by molar-refractivity contribution is 7.22. The van der Waals surface area contributed by atoms with Crippen molar-refractivity contribution in [2.24, 2.45) is 5.10 Å². The van der Waals surface area contributed by atoms with Crippen LogP contribution in [0.3, 0.4) is 0 Å². The van der Waals surface area contributed by atoms with Crippen molar-refractivity contribution < 1.29 is 9.21 Å². The molecule has 0 spiro atoms. The van der Waals surface area contributed by atoms with Gasteiger partial charge < -0.3 is 4.42 Å². The molecule has 0 unspecified atom stereocenters. The Kier molecular flexibility index (Phi) is 4.29. The first-order chi connectivity index (χ1) is 13.0. The van der Waals surface area contributed by atoms with Gasteiger partial charge in [0.25, 0.3) is 0 Å². The normalized spacial score (nSPS) is 11.5. The summed E-state index contributed by atoms with van der Waals surface area (Å²) >= 11 is 1.37. The first-order valence-electron chi connectivity index (χ1n) is 8.25. The van der Waals surface area contributed by atoms with Gasteiger partial charge in [0.05, 0.1) is 27.4 Å². The van der Waals surface area contributed by atoms with Crippen molar-refractivity contribution in [3.63, 3.8) is 0 Å². The lowest BCUT2D eigenvalue weighted by molar-refractivity contribution is -0.116. The number of anilines is 1. The molecule has 1 amide bonds. The van der Waals surface area contributed by atoms with Crippen molar-refractivity contribution in [3.8, 4) is 0 Å². The molecule has 0 bridgehead atoms. The van der Waals surface area contributed by atoms with Crippen molar-refractivity contribution in [3.05, 3.63) is 70.1 Å². The molecular weight excluding hydrogens is 362 g/mol. The highest BCUT2D eigenvalue weighted by Crippen LogP contribution is 2.29. The van der Waals surface area contributed by atoms with Gasteiger partial charge in [0.15, 0.2) is 0 Å². The summed E-state index contributed by atoms with van der Waals surface area (Å²) in [5.41, 5.74) is 2.47. The summed E-state index contributed by atoms with van der Waals surface area (Å²) in [5, 5.41) is 6.30. The van der Waals surface area contributed by atoms with Crippen LogP contribution in [0.25, 0.3) is 21.2 Å². The van der Waals surface area contributed by atoms with E-state index >= 15 is 0 Å². The molecule has 2 aromatic heterocycles. The zero-order valence-electron chi connectivity index (χ0n) is 14.7. The first kappa shape index (κ1) is 17.1. The van der Waals surface area contributed by atoms with E-state index in [2.05, 4.69) is 10.1 Å². The second-order valence-corrected chi connectivity index (χ2v) is 7.07. The Morgan fingerprint density at radius 3 is 2.89 bits per heavy atom. The Balaban J connectivity index is 1.74. The van der Waals surface area contributed by atoms with Crippen LogP contribution in [-0.2, 0) is 4.79 Å². The van der Waals surface area contributed by atoms with Crippen LogP contribution in [0.15, 0.2) is 63.0 Å². The van der Waals surface area contributed by atoms with E-state index in [0.29, 0.717) is 16.1 Å². The van der Waals surface area contributed by atoms with E-state index in [1.807, 2.05) is 25.1 Å². The molecule has 27 heavy (non-hydrogen) atoms. The minimum atomic E-state index is -0.299. The monoisotopic (exact) mass is 377 g/mol. The van der Waals surface area contributed by atoms with Gasteiger partial charge in [-0.3, -0.25) is 9.59 Å². The van der Waals surface area contributed by atoms with Crippen LogP contribution in [0.2, 0.25) is 0 Å². The summed E-state index contributed by atoms with van der Waals surface area (Å²) in [5.74, 6) is -0.299. The van der Waals surface area contributed by atoms with Crippen molar-refractivity contribution in [2.75, 3.05) is 5.01 Å². The fourth-order valence-corrected chi connectivity index (χ4v) is 3.74. The number of rotatable bonds is 3. The number of thiazole rings is 1. The fraction of sp³-hybridized carbons (Fsp3) is 0.100. The lowest BCUT2D eigenvalue weighted by Crippen LogP contribution is -2.22. The van der Waals surface area contributed by atoms with Gasteiger partial charge in [0.1, 0.15) is 11.8 Å². The van der Waals surface area contributed by atoms with Gasteiger partial charge >= 0.3 is 0 Å². The molecule has 0 aliphatic heterocycles. The Morgan fingerprint density at radius 1 is 1.26 bits per heavy atom. The zero-order chi connectivity index (χ0) is 19.0. The summed E-state index contributed by atoms with van der Waals surface area (Å²) in [6, 6.07) is 12.9. The minimum absolute atomic E-state index is 0.205. The predicted octanol–water partition coefficient (Wildman–Crippen LogP) is 4.10. The number of benzene rings is 2. The Hall–Kier alpha value is -3.32. The number of hydrazone groups is 1. The fourth-order valence-electron chi connectivity index (χ4n) is 2.68. The number of carbonyl (C=O) groups is 1. The van der Waals surface area contributed by atoms with Crippen molar-refractivity contribution in [2.45, 2.75) is 13.8 Å². The number of hydrogen-bond donors (Lipinski definition) is 0. The second-order valence-electron chi connectivity index (χ2n) is 6.06. The van der Waals surface area contributed by atoms with E-state index in [-0.39, 0.29) is 16.9 Å². The van der Waals surface area contributed by atoms with Crippen LogP contribution in [0.1, 0.15) is 18.1 Å². The molecule has 7 heteroatoms. The third kappa shape index (κ3) is 3.24. The molecule has 0 atom stereocenters. The van der Waals surface area contributed by atoms with Crippen LogP contribution in [0.5, 0.6) is 0 Å². The van der Waals surface area contributed by atoms with E-state index in [4.69, 9.17) is 4.42 Å². The van der Waals surface area contributed by atoms with Gasteiger partial charge in [0, 0.05) is 6.92 Å². The second kappa shape index (κ2) is 6.77. The van der Waals surface area contributed by atoms with E-state index in [0.717, 1.165) is 15.8 Å². The zero-order valence-corrected chi connectivity index (χ0v) is 15.5. The molecular formula is C20H15N3O3S. The maximum Gasteiger partial charge on any atom is 0.246 e. The average molecular weight is 377 g/mol. The number of nitrogens with zero attached hydrogens (tertiary/aromatic N) is 3. The van der Waals surface area contributed by atoms with Crippen LogP contribution < -0.4 is 10.4 Å². The lowest BCUT2D eigenvalue weighted by Gasteiger charge is -2.10. The van der Waals surface area contributed by atoms with Crippen LogP contribution in [-0.4, -0.2) is 17.1 Å². The molecule has 0 aliphatic carbocycles. The van der Waals surface area contributed by atoms with E-state index in [1.165, 1.54) is 35.7 Å². The third-order valence-electron chi connectivity index (χ3n) is 4.03. The van der Waals surface area contributed by atoms with Gasteiger partial charge in [-0.05, 0) is 36.8 Å². The van der Waals surface area contributed by atoms with Crippen molar-refractivity contribution in [1.82, 2.24) is 4.98 Å². The van der Waals surface area contributed by atoms with E-state index in [1.54, 1.807) is 24.3 Å². The summed E-state index contributed by atoms with van der Waals surface area (Å²) < 4.78 is 6.44. The summed E-state index contributed by atoms with van der Waals surface area (Å²) in [7, 11) is 0. The molecule has 4 aromatic rings. The predicted molar refractivity (Wildman–Crippen MR) is 108 cm³/mol. The Labute approximate surface area is 158 Å². The van der Waals surface area contributed by atoms with Crippen molar-refractivity contribution >= 4 is 49.8 Å². The number of hydrogen-bond acceptors (Lipinski definition) is 6. The number of fused-ring (bicyclic) bond motifs is 2. The van der Waals surface area contributed by atoms with Crippen LogP contribution in [0, 0.1) is 6.92 Å². The number of para-hydroxylation sites is 1. The summed E-state index contributed by atoms with van der Waals surface area (Å²) in [6.07, 6.45) is 2.67. The van der Waals surface area contributed by atoms with Gasteiger partial charge in [0.2, 0.25) is 16.5 Å². The topological polar surface area (TPSA) is 75.8 Å². The molecule has 0 radical (unpaired) electrons. The van der Waals surface area contributed by atoms with Gasteiger partial charge in [-0.1, -0.05) is 29.5 Å². The Bertz CT molecular complexity index is 1260. The average Bonchev–Trinajstić information content (AvgIpc) is 3.06. The quantitative estimate of drug-likeness (QED) is 0.398. The number of aromatic nitrogens is 1. The van der Waals surface area contributed by atoms with Gasteiger partial charge in [-0.15, -0.1) is 0 Å². The molecule has 2 aromatic carbocycles. The molecule has 0 saturated heterocycles. The van der Waals surface area contributed by atoms with Crippen molar-refractivity contribution in [1.29, 1.82) is 0 Å². The summed E-state index contributed by atoms with van der Waals surface area (Å²) in [6.45, 7) is 3.40. The van der Waals surface area contributed by atoms with Crippen LogP contribution >= 0.6 is 11.3 Å². The van der Waals surface area contributed by atoms with Gasteiger partial charge in [-0.25, -0.2) is 4.98 Å². The number of aryl methyl sites for hydroxylation is 1. The summed E-state index contributed by atoms with van der Waals surface area (Å²) in [4.78, 5) is 29.1. The minimum Gasteiger partial charge on any atom is -0.463 e. The third-order valence-corrected chi connectivity index (χ3v) is 5.02. The van der Waals surface area contributed by atoms with E-state index in [9.17, 15) is 9.59 Å². The SMILES string of the molecule is CC(=O)N(/N=C\c1coc2ccccc2c1=O)c1nc2ccc(C)cc2s1. The highest BCUT2D eigenvalue weighted by Gasteiger charge is 2.16. The molecule has 0 aliphatic rings. The maximum atomic E-state index is 12.6. The molecule has 2 heterocycles. The molecule has 0 saturated carbocycles. The Morgan fingerprint density at radius 2 is 2.07 bits per heavy atom. The molecule has 6 nitrogen and oxygen atoms in total. The lowest BCUT2D eigenvalue weighted by atomic mass is 10.2. The number of amides is 1. The molecule has 4 rings (SSSR count). The molecule has 0 fully saturated rings. The number of carbonyl (C=O) groups excluding carboxylic acids is 1. The smallest absolute Gasteiger partial charge is 0.246 e. The first-order valence-corrected chi connectivity index (χ1v) is 9.07. The highest BCUT2D eigenvalue weighted by atomic mass is 32.1. The van der Waals surface area contributed by atoms with E-state index < -0.39 is 0 Å². The maximum absolute atomic E-state index is 12.6. The van der Waals surface area contributed by atoms with Gasteiger partial charge in [-0.2, -0.15) is 10.1 Å². The van der Waals surface area contributed by atoms with Crippen LogP contribution in [0.4, 0.5) is 5.13 Å². The molecule has 0 N–H and O–H groups in total. The largest absolute Gasteiger partial charge is 0.463 e. The molecule has 134 valence electrons.